The minimum absolute atomic E-state index is 0.151. The van der Waals surface area contributed by atoms with Gasteiger partial charge in [0.1, 0.15) is 4.90 Å². The maximum Gasteiger partial charge on any atom is 0.243 e. The van der Waals surface area contributed by atoms with E-state index in [1.807, 2.05) is 6.92 Å². The number of sulfonamides is 1. The van der Waals surface area contributed by atoms with Crippen LogP contribution in [-0.4, -0.2) is 55.3 Å². The Bertz CT molecular complexity index is 510. The maximum atomic E-state index is 12.3. The molecule has 0 aromatic carbocycles. The predicted octanol–water partition coefficient (Wildman–Crippen LogP) is 0.241. The summed E-state index contributed by atoms with van der Waals surface area (Å²) in [5, 5.41) is 4.05. The first-order valence-corrected chi connectivity index (χ1v) is 8.88. The van der Waals surface area contributed by atoms with Crippen molar-refractivity contribution in [3.63, 3.8) is 0 Å². The fourth-order valence-electron chi connectivity index (χ4n) is 2.10. The van der Waals surface area contributed by atoms with Gasteiger partial charge < -0.3 is 10.6 Å². The number of likely N-dealkylation sites (N-methyl/N-ethyl adjacent to an activating group) is 1. The molecule has 0 bridgehead atoms. The van der Waals surface area contributed by atoms with Crippen LogP contribution in [0.5, 0.6) is 0 Å². The van der Waals surface area contributed by atoms with Crippen LogP contribution in [0, 0.1) is 0 Å². The summed E-state index contributed by atoms with van der Waals surface area (Å²) in [7, 11) is -3.52. The zero-order chi connectivity index (χ0) is 15.9. The van der Waals surface area contributed by atoms with Crippen LogP contribution in [0.15, 0.2) is 17.3 Å². The summed E-state index contributed by atoms with van der Waals surface area (Å²) >= 11 is 0. The Balaban J connectivity index is 2.65. The summed E-state index contributed by atoms with van der Waals surface area (Å²) in [6.07, 6.45) is 3.69. The second-order valence-corrected chi connectivity index (χ2v) is 6.80. The van der Waals surface area contributed by atoms with Crippen molar-refractivity contribution in [3.05, 3.63) is 12.4 Å². The fraction of sp³-hybridized carbons (Fsp3) is 0.769. The molecule has 0 radical (unpaired) electrons. The van der Waals surface area contributed by atoms with E-state index in [9.17, 15) is 8.42 Å². The van der Waals surface area contributed by atoms with Gasteiger partial charge in [0.15, 0.2) is 0 Å². The molecule has 122 valence electrons. The molecule has 7 nitrogen and oxygen atoms in total. The highest BCUT2D eigenvalue weighted by atomic mass is 32.2. The zero-order valence-corrected chi connectivity index (χ0v) is 13.9. The number of hydrogen-bond acceptors (Lipinski definition) is 5. The van der Waals surface area contributed by atoms with Crippen molar-refractivity contribution < 1.29 is 8.42 Å². The Morgan fingerprint density at radius 1 is 1.43 bits per heavy atom. The lowest BCUT2D eigenvalue weighted by atomic mass is 10.3. The van der Waals surface area contributed by atoms with Crippen molar-refractivity contribution in [1.29, 1.82) is 0 Å². The SMILES string of the molecule is CCN(CC)CC(C)NS(=O)(=O)c1cnn(CCCN)c1. The highest BCUT2D eigenvalue weighted by Gasteiger charge is 2.20. The Hall–Kier alpha value is -0.960. The van der Waals surface area contributed by atoms with Gasteiger partial charge in [-0.3, -0.25) is 4.68 Å². The van der Waals surface area contributed by atoms with Gasteiger partial charge in [-0.2, -0.15) is 5.10 Å². The molecule has 0 aliphatic rings. The monoisotopic (exact) mass is 317 g/mol. The lowest BCUT2D eigenvalue weighted by Gasteiger charge is -2.23. The lowest BCUT2D eigenvalue weighted by Crippen LogP contribution is -2.41. The Morgan fingerprint density at radius 2 is 2.10 bits per heavy atom. The molecular formula is C13H27N5O2S. The van der Waals surface area contributed by atoms with Gasteiger partial charge in [0, 0.05) is 25.3 Å². The zero-order valence-electron chi connectivity index (χ0n) is 13.1. The molecule has 0 aliphatic heterocycles. The number of rotatable bonds is 10. The minimum Gasteiger partial charge on any atom is -0.330 e. The Labute approximate surface area is 127 Å². The van der Waals surface area contributed by atoms with Crippen LogP contribution >= 0.6 is 0 Å². The van der Waals surface area contributed by atoms with Crippen molar-refractivity contribution in [2.24, 2.45) is 5.73 Å². The van der Waals surface area contributed by atoms with E-state index in [1.54, 1.807) is 10.9 Å². The van der Waals surface area contributed by atoms with E-state index in [0.29, 0.717) is 19.6 Å². The molecule has 21 heavy (non-hydrogen) atoms. The number of aryl methyl sites for hydroxylation is 1. The third-order valence-corrected chi connectivity index (χ3v) is 4.84. The summed E-state index contributed by atoms with van der Waals surface area (Å²) in [5.41, 5.74) is 5.43. The van der Waals surface area contributed by atoms with E-state index in [4.69, 9.17) is 5.73 Å². The molecule has 1 unspecified atom stereocenters. The molecule has 1 aromatic heterocycles. The minimum atomic E-state index is -3.52. The third-order valence-electron chi connectivity index (χ3n) is 3.29. The van der Waals surface area contributed by atoms with E-state index in [1.165, 1.54) is 6.20 Å². The van der Waals surface area contributed by atoms with Crippen LogP contribution in [0.4, 0.5) is 0 Å². The van der Waals surface area contributed by atoms with Gasteiger partial charge in [0.05, 0.1) is 6.20 Å². The first-order chi connectivity index (χ1) is 9.92. The van der Waals surface area contributed by atoms with Crippen LogP contribution in [0.25, 0.3) is 0 Å². The van der Waals surface area contributed by atoms with Gasteiger partial charge in [-0.1, -0.05) is 13.8 Å². The predicted molar refractivity (Wildman–Crippen MR) is 83.5 cm³/mol. The average Bonchev–Trinajstić information content (AvgIpc) is 2.91. The molecule has 0 spiro atoms. The summed E-state index contributed by atoms with van der Waals surface area (Å²) in [6, 6.07) is -0.151. The second-order valence-electron chi connectivity index (χ2n) is 5.09. The van der Waals surface area contributed by atoms with Crippen molar-refractivity contribution in [2.75, 3.05) is 26.2 Å². The van der Waals surface area contributed by atoms with E-state index in [0.717, 1.165) is 19.5 Å². The van der Waals surface area contributed by atoms with Crippen molar-refractivity contribution >= 4 is 10.0 Å². The molecule has 0 aliphatic carbocycles. The van der Waals surface area contributed by atoms with Crippen LogP contribution < -0.4 is 10.5 Å². The first-order valence-electron chi connectivity index (χ1n) is 7.40. The average molecular weight is 317 g/mol. The molecular weight excluding hydrogens is 290 g/mol. The van der Waals surface area contributed by atoms with Gasteiger partial charge in [0.2, 0.25) is 10.0 Å². The summed E-state index contributed by atoms with van der Waals surface area (Å²) in [4.78, 5) is 2.38. The molecule has 0 saturated heterocycles. The van der Waals surface area contributed by atoms with Gasteiger partial charge >= 0.3 is 0 Å². The van der Waals surface area contributed by atoms with Gasteiger partial charge in [0.25, 0.3) is 0 Å². The molecule has 0 fully saturated rings. The number of hydrogen-bond donors (Lipinski definition) is 2. The van der Waals surface area contributed by atoms with Gasteiger partial charge in [-0.05, 0) is 33.0 Å². The topological polar surface area (TPSA) is 93.2 Å². The number of nitrogens with two attached hydrogens (primary N) is 1. The van der Waals surface area contributed by atoms with Crippen LogP contribution in [-0.2, 0) is 16.6 Å². The van der Waals surface area contributed by atoms with Crippen molar-refractivity contribution in [1.82, 2.24) is 19.4 Å². The van der Waals surface area contributed by atoms with Crippen molar-refractivity contribution in [3.8, 4) is 0 Å². The van der Waals surface area contributed by atoms with E-state index in [-0.39, 0.29) is 10.9 Å². The molecule has 0 saturated carbocycles. The number of aromatic nitrogens is 2. The Kier molecular flexibility index (Phi) is 7.30. The highest BCUT2D eigenvalue weighted by Crippen LogP contribution is 2.08. The summed E-state index contributed by atoms with van der Waals surface area (Å²) in [6.45, 7) is 9.67. The fourth-order valence-corrected chi connectivity index (χ4v) is 3.28. The summed E-state index contributed by atoms with van der Waals surface area (Å²) < 4.78 is 28.9. The molecule has 1 aromatic rings. The maximum absolute atomic E-state index is 12.3. The third kappa shape index (κ3) is 5.74. The normalized spacial score (nSPS) is 13.8. The Morgan fingerprint density at radius 3 is 2.67 bits per heavy atom. The quantitative estimate of drug-likeness (QED) is 0.645. The van der Waals surface area contributed by atoms with Crippen LogP contribution in [0.3, 0.4) is 0 Å². The molecule has 1 atom stereocenters. The van der Waals surface area contributed by atoms with E-state index >= 15 is 0 Å². The van der Waals surface area contributed by atoms with Crippen LogP contribution in [0.1, 0.15) is 27.2 Å². The second kappa shape index (κ2) is 8.47. The van der Waals surface area contributed by atoms with E-state index < -0.39 is 10.0 Å². The van der Waals surface area contributed by atoms with Crippen LogP contribution in [0.2, 0.25) is 0 Å². The molecule has 1 rings (SSSR count). The van der Waals surface area contributed by atoms with E-state index in [2.05, 4.69) is 28.6 Å². The highest BCUT2D eigenvalue weighted by molar-refractivity contribution is 7.89. The first kappa shape index (κ1) is 18.1. The smallest absolute Gasteiger partial charge is 0.243 e. The summed E-state index contributed by atoms with van der Waals surface area (Å²) in [5.74, 6) is 0. The molecule has 8 heteroatoms. The van der Waals surface area contributed by atoms with Gasteiger partial charge in [-0.25, -0.2) is 13.1 Å². The lowest BCUT2D eigenvalue weighted by molar-refractivity contribution is 0.282. The largest absolute Gasteiger partial charge is 0.330 e. The van der Waals surface area contributed by atoms with Gasteiger partial charge in [-0.15, -0.1) is 0 Å². The standard InChI is InChI=1S/C13H27N5O2S/c1-4-17(5-2)10-12(3)16-21(19,20)13-9-15-18(11-13)8-6-7-14/h9,11-12,16H,4-8,10,14H2,1-3H3. The molecule has 1 heterocycles. The molecule has 3 N–H and O–H groups in total. The molecule has 0 amide bonds. The van der Waals surface area contributed by atoms with Crippen molar-refractivity contribution in [2.45, 2.75) is 44.7 Å². The number of nitrogens with one attached hydrogen (secondary N) is 1. The number of nitrogens with zero attached hydrogens (tertiary/aromatic N) is 3.